The maximum atomic E-state index is 12.2. The molecule has 0 saturated carbocycles. The van der Waals surface area contributed by atoms with Crippen LogP contribution in [0.1, 0.15) is 22.0 Å². The molecule has 0 aliphatic carbocycles. The molecule has 1 heterocycles. The molecule has 3 aromatic rings. The van der Waals surface area contributed by atoms with Crippen LogP contribution in [0.15, 0.2) is 63.8 Å². The molecule has 0 spiro atoms. The molecule has 122 valence electrons. The molecule has 0 bridgehead atoms. The van der Waals surface area contributed by atoms with E-state index in [0.717, 1.165) is 0 Å². The van der Waals surface area contributed by atoms with Gasteiger partial charge in [0.25, 0.3) is 5.91 Å². The number of carbonyl (C=O) groups is 1. The number of halogens is 1. The van der Waals surface area contributed by atoms with E-state index in [4.69, 9.17) is 16.0 Å². The van der Waals surface area contributed by atoms with Crippen molar-refractivity contribution in [3.05, 3.63) is 81.2 Å². The highest BCUT2D eigenvalue weighted by Crippen LogP contribution is 2.22. The van der Waals surface area contributed by atoms with Crippen LogP contribution in [0.3, 0.4) is 0 Å². The zero-order valence-electron chi connectivity index (χ0n) is 12.5. The fourth-order valence-corrected chi connectivity index (χ4v) is 2.62. The Morgan fingerprint density at radius 2 is 1.88 bits per heavy atom. The number of hydrogen-bond acceptors (Lipinski definition) is 4. The van der Waals surface area contributed by atoms with Gasteiger partial charge in [0.15, 0.2) is 0 Å². The summed E-state index contributed by atoms with van der Waals surface area (Å²) in [6, 6.07) is 15.2. The largest absolute Gasteiger partial charge is 0.422 e. The Kier molecular flexibility index (Phi) is 4.64. The summed E-state index contributed by atoms with van der Waals surface area (Å²) < 4.78 is 5.12. The molecule has 2 N–H and O–H groups in total. The Morgan fingerprint density at radius 1 is 1.17 bits per heavy atom. The second kappa shape index (κ2) is 6.86. The number of fused-ring (bicyclic) bond motifs is 1. The topological polar surface area (TPSA) is 79.5 Å². The Balaban J connectivity index is 1.77. The normalized spacial score (nSPS) is 12.1. The van der Waals surface area contributed by atoms with E-state index in [1.807, 2.05) is 0 Å². The van der Waals surface area contributed by atoms with Crippen LogP contribution >= 0.6 is 11.6 Å². The summed E-state index contributed by atoms with van der Waals surface area (Å²) in [4.78, 5) is 24.1. The summed E-state index contributed by atoms with van der Waals surface area (Å²) in [5, 5.41) is 13.7. The lowest BCUT2D eigenvalue weighted by Gasteiger charge is -2.13. The molecule has 1 aromatic heterocycles. The van der Waals surface area contributed by atoms with Crippen LogP contribution in [-0.2, 0) is 0 Å². The van der Waals surface area contributed by atoms with Crippen molar-refractivity contribution >= 4 is 28.5 Å². The van der Waals surface area contributed by atoms with E-state index in [9.17, 15) is 14.7 Å². The highest BCUT2D eigenvalue weighted by molar-refractivity contribution is 6.31. The van der Waals surface area contributed by atoms with Gasteiger partial charge in [-0.2, -0.15) is 0 Å². The molecule has 3 rings (SSSR count). The number of aliphatic hydroxyl groups is 1. The molecule has 6 heteroatoms. The van der Waals surface area contributed by atoms with Gasteiger partial charge in [0.05, 0.1) is 6.10 Å². The van der Waals surface area contributed by atoms with E-state index in [2.05, 4.69) is 5.32 Å². The molecular formula is C18H14ClNO4. The lowest BCUT2D eigenvalue weighted by molar-refractivity contribution is 0.0913. The molecule has 24 heavy (non-hydrogen) atoms. The molecule has 0 aliphatic heterocycles. The SMILES string of the molecule is O=C(NCC(O)c1ccccc1Cl)c1cc2ccccc2oc1=O. The van der Waals surface area contributed by atoms with Crippen LogP contribution in [0.2, 0.25) is 5.02 Å². The smallest absolute Gasteiger partial charge is 0.349 e. The summed E-state index contributed by atoms with van der Waals surface area (Å²) in [6.07, 6.45) is -0.977. The van der Waals surface area contributed by atoms with Gasteiger partial charge in [0.1, 0.15) is 11.1 Å². The van der Waals surface area contributed by atoms with Crippen molar-refractivity contribution in [3.8, 4) is 0 Å². The maximum absolute atomic E-state index is 12.2. The van der Waals surface area contributed by atoms with Gasteiger partial charge in [0.2, 0.25) is 0 Å². The summed E-state index contributed by atoms with van der Waals surface area (Å²) in [6.45, 7) is -0.0746. The second-order valence-corrected chi connectivity index (χ2v) is 5.64. The molecule has 0 saturated heterocycles. The average Bonchev–Trinajstić information content (AvgIpc) is 2.59. The number of rotatable bonds is 4. The Morgan fingerprint density at radius 3 is 2.67 bits per heavy atom. The van der Waals surface area contributed by atoms with Crippen molar-refractivity contribution in [3.63, 3.8) is 0 Å². The van der Waals surface area contributed by atoms with Gasteiger partial charge in [-0.05, 0) is 18.2 Å². The van der Waals surface area contributed by atoms with Crippen LogP contribution in [0.5, 0.6) is 0 Å². The first-order valence-corrected chi connectivity index (χ1v) is 7.67. The van der Waals surface area contributed by atoms with E-state index >= 15 is 0 Å². The van der Waals surface area contributed by atoms with Crippen LogP contribution in [-0.4, -0.2) is 17.6 Å². The van der Waals surface area contributed by atoms with Crippen molar-refractivity contribution in [2.75, 3.05) is 6.54 Å². The molecule has 1 amide bonds. The average molecular weight is 344 g/mol. The molecule has 0 fully saturated rings. The van der Waals surface area contributed by atoms with Crippen molar-refractivity contribution in [2.24, 2.45) is 0 Å². The number of para-hydroxylation sites is 1. The molecule has 2 aromatic carbocycles. The van der Waals surface area contributed by atoms with Crippen LogP contribution < -0.4 is 10.9 Å². The Hall–Kier alpha value is -2.63. The third-order valence-electron chi connectivity index (χ3n) is 3.61. The minimum Gasteiger partial charge on any atom is -0.422 e. The Labute approximate surface area is 142 Å². The third-order valence-corrected chi connectivity index (χ3v) is 3.95. The van der Waals surface area contributed by atoms with Crippen LogP contribution in [0.4, 0.5) is 0 Å². The van der Waals surface area contributed by atoms with E-state index in [0.29, 0.717) is 21.6 Å². The maximum Gasteiger partial charge on any atom is 0.349 e. The zero-order chi connectivity index (χ0) is 17.1. The first-order chi connectivity index (χ1) is 11.6. The van der Waals surface area contributed by atoms with Crippen molar-refractivity contribution in [1.82, 2.24) is 5.32 Å². The number of benzene rings is 2. The molecule has 1 atom stereocenters. The third kappa shape index (κ3) is 3.32. The van der Waals surface area contributed by atoms with Crippen LogP contribution in [0.25, 0.3) is 11.0 Å². The van der Waals surface area contributed by atoms with Crippen LogP contribution in [0, 0.1) is 0 Å². The summed E-state index contributed by atoms with van der Waals surface area (Å²) in [5.41, 5.74) is 0.0821. The van der Waals surface area contributed by atoms with Crippen molar-refractivity contribution < 1.29 is 14.3 Å². The Bertz CT molecular complexity index is 951. The number of hydrogen-bond donors (Lipinski definition) is 2. The summed E-state index contributed by atoms with van der Waals surface area (Å²) in [5.74, 6) is -0.611. The number of carbonyl (C=O) groups excluding carboxylic acids is 1. The van der Waals surface area contributed by atoms with Gasteiger partial charge in [-0.1, -0.05) is 48.0 Å². The fourth-order valence-electron chi connectivity index (χ4n) is 2.36. The highest BCUT2D eigenvalue weighted by Gasteiger charge is 2.16. The fraction of sp³-hybridized carbons (Fsp3) is 0.111. The predicted molar refractivity (Wildman–Crippen MR) is 91.2 cm³/mol. The zero-order valence-corrected chi connectivity index (χ0v) is 13.3. The monoisotopic (exact) mass is 343 g/mol. The second-order valence-electron chi connectivity index (χ2n) is 5.23. The van der Waals surface area contributed by atoms with Crippen molar-refractivity contribution in [2.45, 2.75) is 6.10 Å². The predicted octanol–water partition coefficient (Wildman–Crippen LogP) is 2.91. The molecule has 0 aliphatic rings. The molecule has 5 nitrogen and oxygen atoms in total. The van der Waals surface area contributed by atoms with Gasteiger partial charge in [-0.25, -0.2) is 4.79 Å². The van der Waals surface area contributed by atoms with Gasteiger partial charge in [-0.3, -0.25) is 4.79 Å². The van der Waals surface area contributed by atoms with E-state index in [-0.39, 0.29) is 12.1 Å². The first-order valence-electron chi connectivity index (χ1n) is 7.30. The van der Waals surface area contributed by atoms with E-state index in [1.165, 1.54) is 6.07 Å². The lowest BCUT2D eigenvalue weighted by Crippen LogP contribution is -2.31. The van der Waals surface area contributed by atoms with Gasteiger partial charge >= 0.3 is 5.63 Å². The summed E-state index contributed by atoms with van der Waals surface area (Å²) in [7, 11) is 0. The number of nitrogens with one attached hydrogen (secondary N) is 1. The van der Waals surface area contributed by atoms with Crippen molar-refractivity contribution in [1.29, 1.82) is 0 Å². The quantitative estimate of drug-likeness (QED) is 0.714. The highest BCUT2D eigenvalue weighted by atomic mass is 35.5. The summed E-state index contributed by atoms with van der Waals surface area (Å²) >= 11 is 6.00. The van der Waals surface area contributed by atoms with E-state index in [1.54, 1.807) is 48.5 Å². The molecular weight excluding hydrogens is 330 g/mol. The minimum absolute atomic E-state index is 0.0746. The van der Waals surface area contributed by atoms with Gasteiger partial charge in [0, 0.05) is 22.5 Å². The standard InChI is InChI=1S/C18H14ClNO4/c19-14-7-3-2-6-12(14)15(21)10-20-17(22)13-9-11-5-1-4-8-16(11)24-18(13)23/h1-9,15,21H,10H2,(H,20,22). The minimum atomic E-state index is -0.977. The van der Waals surface area contributed by atoms with Gasteiger partial charge < -0.3 is 14.8 Å². The van der Waals surface area contributed by atoms with E-state index < -0.39 is 17.6 Å². The molecule has 0 radical (unpaired) electrons. The first kappa shape index (κ1) is 16.2. The lowest BCUT2D eigenvalue weighted by atomic mass is 10.1. The molecule has 1 unspecified atom stereocenters. The number of aliphatic hydroxyl groups excluding tert-OH is 1. The van der Waals surface area contributed by atoms with Gasteiger partial charge in [-0.15, -0.1) is 0 Å². The number of amides is 1.